The lowest BCUT2D eigenvalue weighted by Crippen LogP contribution is -2.52. The van der Waals surface area contributed by atoms with Crippen molar-refractivity contribution in [1.82, 2.24) is 15.1 Å². The number of rotatable bonds is 9. The van der Waals surface area contributed by atoms with E-state index in [1.807, 2.05) is 29.2 Å². The highest BCUT2D eigenvalue weighted by atomic mass is 19.4. The number of carbonyl (C=O) groups is 3. The highest BCUT2D eigenvalue weighted by Crippen LogP contribution is 2.38. The molecule has 3 amide bonds. The quantitative estimate of drug-likeness (QED) is 0.267. The largest absolute Gasteiger partial charge is 0.493 e. The Morgan fingerprint density at radius 3 is 2.20 bits per heavy atom. The van der Waals surface area contributed by atoms with Gasteiger partial charge in [-0.25, -0.2) is 0 Å². The number of nitrogens with zero attached hydrogens (tertiary/aromatic N) is 5. The van der Waals surface area contributed by atoms with Crippen LogP contribution in [0.15, 0.2) is 60.7 Å². The number of amides is 3. The molecule has 13 heteroatoms. The van der Waals surface area contributed by atoms with Crippen molar-refractivity contribution in [3.05, 3.63) is 88.5 Å². The normalized spacial score (nSPS) is 23.6. The van der Waals surface area contributed by atoms with Crippen molar-refractivity contribution >= 4 is 29.1 Å². The standard InChI is InChI=1S/C42H45F3N6O4/c43-42(44,45)37-22-34(4-1-31(37)23-46)49-13-11-30(12-14-49)29-2-6-35(7-3-29)55-26-28-19-27(20-28)24-48-15-17-50(18-16-48)33-5-8-36-32(21-33)25-51(41(36)54)38-9-10-39(52)47-40(38)53/h1-8,21-22,27-28,30,38H,9-20,24-26H2,(H,47,52,53)/t27-,28+,38?. The number of alkyl halides is 3. The van der Waals surface area contributed by atoms with Gasteiger partial charge in [-0.2, -0.15) is 18.4 Å². The number of fused-ring (bicyclic) bond motifs is 1. The van der Waals surface area contributed by atoms with Gasteiger partial charge in [0.05, 0.1) is 23.8 Å². The maximum absolute atomic E-state index is 13.5. The third-order valence-corrected chi connectivity index (χ3v) is 12.2. The molecule has 3 aromatic carbocycles. The van der Waals surface area contributed by atoms with Crippen LogP contribution in [0.25, 0.3) is 0 Å². The summed E-state index contributed by atoms with van der Waals surface area (Å²) >= 11 is 0. The minimum Gasteiger partial charge on any atom is -0.493 e. The molecule has 288 valence electrons. The number of benzene rings is 3. The number of piperidine rings is 2. The molecule has 0 aromatic heterocycles. The van der Waals surface area contributed by atoms with Gasteiger partial charge in [-0.1, -0.05) is 12.1 Å². The van der Waals surface area contributed by atoms with Gasteiger partial charge in [0.2, 0.25) is 11.8 Å². The average molecular weight is 755 g/mol. The third kappa shape index (κ3) is 7.87. The lowest BCUT2D eigenvalue weighted by Gasteiger charge is -2.42. The minimum absolute atomic E-state index is 0.146. The first kappa shape index (κ1) is 36.9. The number of anilines is 2. The van der Waals surface area contributed by atoms with Crippen molar-refractivity contribution in [1.29, 1.82) is 5.26 Å². The fourth-order valence-corrected chi connectivity index (χ4v) is 9.05. The number of piperazine rings is 1. The second kappa shape index (κ2) is 15.2. The summed E-state index contributed by atoms with van der Waals surface area (Å²) in [5, 5.41) is 11.5. The Labute approximate surface area is 318 Å². The van der Waals surface area contributed by atoms with E-state index in [1.165, 1.54) is 11.6 Å². The van der Waals surface area contributed by atoms with Gasteiger partial charge in [0.1, 0.15) is 11.8 Å². The molecule has 1 unspecified atom stereocenters. The van der Waals surface area contributed by atoms with E-state index in [0.717, 1.165) is 81.5 Å². The molecule has 0 radical (unpaired) electrons. The summed E-state index contributed by atoms with van der Waals surface area (Å²) in [5.41, 5.74) is 3.16. The molecule has 5 aliphatic rings. The first-order valence-electron chi connectivity index (χ1n) is 19.4. The van der Waals surface area contributed by atoms with E-state index < -0.39 is 23.7 Å². The fraction of sp³-hybridized carbons (Fsp3) is 0.476. The zero-order valence-electron chi connectivity index (χ0n) is 30.7. The summed E-state index contributed by atoms with van der Waals surface area (Å²) in [6.07, 6.45) is 0.0281. The van der Waals surface area contributed by atoms with Crippen LogP contribution in [-0.4, -0.2) is 86.0 Å². The SMILES string of the molecule is N#Cc1ccc(N2CCC(c3ccc(OC[C@H]4C[C@@H](CN5CCN(c6ccc7c(c6)CN(C6CCC(=O)NC6=O)C7=O)CC5)C4)cc3)CC2)cc1C(F)(F)F. The summed E-state index contributed by atoms with van der Waals surface area (Å²) in [6, 6.07) is 19.3. The van der Waals surface area contributed by atoms with Gasteiger partial charge in [-0.3, -0.25) is 24.6 Å². The molecule has 3 saturated heterocycles. The highest BCUT2D eigenvalue weighted by molar-refractivity contribution is 6.05. The number of hydrogen-bond acceptors (Lipinski definition) is 8. The Morgan fingerprint density at radius 2 is 1.51 bits per heavy atom. The number of ether oxygens (including phenoxy) is 1. The molecule has 1 atom stereocenters. The second-order valence-corrected chi connectivity index (χ2v) is 15.7. The van der Waals surface area contributed by atoms with Crippen LogP contribution in [0.3, 0.4) is 0 Å². The predicted octanol–water partition coefficient (Wildman–Crippen LogP) is 5.95. The zero-order valence-corrected chi connectivity index (χ0v) is 30.7. The predicted molar refractivity (Wildman–Crippen MR) is 200 cm³/mol. The lowest BCUT2D eigenvalue weighted by molar-refractivity contribution is -0.138. The Kier molecular flexibility index (Phi) is 10.2. The van der Waals surface area contributed by atoms with Crippen LogP contribution in [0, 0.1) is 23.2 Å². The van der Waals surface area contributed by atoms with Crippen LogP contribution in [0.1, 0.15) is 77.1 Å². The molecular weight excluding hydrogens is 709 g/mol. The van der Waals surface area contributed by atoms with Crippen LogP contribution < -0.4 is 19.9 Å². The van der Waals surface area contributed by atoms with Crippen LogP contribution >= 0.6 is 0 Å². The number of halogens is 3. The van der Waals surface area contributed by atoms with Crippen molar-refractivity contribution in [2.75, 3.05) is 62.2 Å². The summed E-state index contributed by atoms with van der Waals surface area (Å²) in [6.45, 7) is 7.27. The van der Waals surface area contributed by atoms with E-state index in [0.29, 0.717) is 61.7 Å². The van der Waals surface area contributed by atoms with Crippen molar-refractivity contribution < 1.29 is 32.3 Å². The molecule has 1 N–H and O–H groups in total. The summed E-state index contributed by atoms with van der Waals surface area (Å²) < 4.78 is 46.6. The van der Waals surface area contributed by atoms with Crippen LogP contribution in [0.4, 0.5) is 24.5 Å². The monoisotopic (exact) mass is 754 g/mol. The maximum Gasteiger partial charge on any atom is 0.417 e. The number of imide groups is 1. The molecule has 55 heavy (non-hydrogen) atoms. The van der Waals surface area contributed by atoms with Gasteiger partial charge >= 0.3 is 6.18 Å². The fourth-order valence-electron chi connectivity index (χ4n) is 9.05. The number of nitriles is 1. The molecule has 1 saturated carbocycles. The smallest absolute Gasteiger partial charge is 0.417 e. The molecule has 4 heterocycles. The van der Waals surface area contributed by atoms with Crippen LogP contribution in [0.5, 0.6) is 5.75 Å². The maximum atomic E-state index is 13.5. The van der Waals surface area contributed by atoms with E-state index in [-0.39, 0.29) is 23.8 Å². The molecule has 4 aliphatic heterocycles. The Hall–Kier alpha value is -5.09. The number of carbonyl (C=O) groups excluding carboxylic acids is 3. The first-order chi connectivity index (χ1) is 26.5. The average Bonchev–Trinajstić information content (AvgIpc) is 3.50. The summed E-state index contributed by atoms with van der Waals surface area (Å²) in [5.74, 6) is 1.58. The van der Waals surface area contributed by atoms with Crippen molar-refractivity contribution in [3.63, 3.8) is 0 Å². The van der Waals surface area contributed by atoms with E-state index in [4.69, 9.17) is 10.00 Å². The number of hydrogen-bond donors (Lipinski definition) is 1. The molecule has 0 bridgehead atoms. The van der Waals surface area contributed by atoms with Crippen molar-refractivity contribution in [2.45, 2.75) is 63.2 Å². The Bertz CT molecular complexity index is 1980. The van der Waals surface area contributed by atoms with E-state index in [2.05, 4.69) is 33.3 Å². The zero-order chi connectivity index (χ0) is 38.3. The number of nitrogens with one attached hydrogen (secondary N) is 1. The van der Waals surface area contributed by atoms with E-state index in [1.54, 1.807) is 17.0 Å². The second-order valence-electron chi connectivity index (χ2n) is 15.7. The van der Waals surface area contributed by atoms with Gasteiger partial charge in [0.15, 0.2) is 0 Å². The summed E-state index contributed by atoms with van der Waals surface area (Å²) in [4.78, 5) is 45.6. The third-order valence-electron chi connectivity index (χ3n) is 12.2. The van der Waals surface area contributed by atoms with E-state index >= 15 is 0 Å². The van der Waals surface area contributed by atoms with E-state index in [9.17, 15) is 27.6 Å². The highest BCUT2D eigenvalue weighted by Gasteiger charge is 2.40. The lowest BCUT2D eigenvalue weighted by atomic mass is 9.75. The summed E-state index contributed by atoms with van der Waals surface area (Å²) in [7, 11) is 0. The van der Waals surface area contributed by atoms with Gasteiger partial charge in [0, 0.05) is 75.7 Å². The van der Waals surface area contributed by atoms with Crippen LogP contribution in [0.2, 0.25) is 0 Å². The first-order valence-corrected chi connectivity index (χ1v) is 19.4. The molecule has 3 aromatic rings. The van der Waals surface area contributed by atoms with Crippen molar-refractivity contribution in [2.24, 2.45) is 11.8 Å². The van der Waals surface area contributed by atoms with Crippen molar-refractivity contribution in [3.8, 4) is 11.8 Å². The molecular formula is C42H45F3N6O4. The Morgan fingerprint density at radius 1 is 0.818 bits per heavy atom. The molecule has 10 nitrogen and oxygen atoms in total. The van der Waals surface area contributed by atoms with Gasteiger partial charge < -0.3 is 19.4 Å². The van der Waals surface area contributed by atoms with Gasteiger partial charge in [0.25, 0.3) is 5.91 Å². The molecule has 1 aliphatic carbocycles. The molecule has 0 spiro atoms. The van der Waals surface area contributed by atoms with Crippen LogP contribution in [-0.2, 0) is 22.3 Å². The Balaban J connectivity index is 0.737. The molecule has 4 fully saturated rings. The topological polar surface area (TPSA) is 109 Å². The minimum atomic E-state index is -4.56. The van der Waals surface area contributed by atoms with Gasteiger partial charge in [-0.15, -0.1) is 0 Å². The van der Waals surface area contributed by atoms with Gasteiger partial charge in [-0.05, 0) is 110 Å². The molecule has 8 rings (SSSR count).